The quantitative estimate of drug-likeness (QED) is 0.649. The summed E-state index contributed by atoms with van der Waals surface area (Å²) in [6.45, 7) is 1.15. The lowest BCUT2D eigenvalue weighted by atomic mass is 9.71. The highest BCUT2D eigenvalue weighted by molar-refractivity contribution is 5.93. The van der Waals surface area contributed by atoms with Crippen molar-refractivity contribution in [3.63, 3.8) is 0 Å². The molecule has 0 unspecified atom stereocenters. The van der Waals surface area contributed by atoms with Crippen LogP contribution in [0.1, 0.15) is 29.8 Å². The van der Waals surface area contributed by atoms with Gasteiger partial charge in [0.05, 0.1) is 11.5 Å². The number of aromatic nitrogens is 1. The average Bonchev–Trinajstić information content (AvgIpc) is 2.52. The van der Waals surface area contributed by atoms with Crippen LogP contribution >= 0.6 is 0 Å². The number of rotatable bonds is 1. The van der Waals surface area contributed by atoms with Crippen molar-refractivity contribution in [2.24, 2.45) is 5.41 Å². The van der Waals surface area contributed by atoms with Crippen molar-refractivity contribution < 1.29 is 14.7 Å². The van der Waals surface area contributed by atoms with Crippen LogP contribution < -0.4 is 10.9 Å². The number of aliphatic hydroxyl groups excluding tert-OH is 1. The SMILES string of the molecule is O=C(c1cccc(=O)[nH]1)N1CC[C@@H](O)[C@@]2(CCCNC2=O)C1. The number of amides is 2. The maximum atomic E-state index is 12.5. The minimum absolute atomic E-state index is 0.176. The lowest BCUT2D eigenvalue weighted by Gasteiger charge is -2.46. The normalized spacial score (nSPS) is 28.5. The molecule has 2 aliphatic heterocycles. The Bertz CT molecular complexity index is 656. The van der Waals surface area contributed by atoms with Crippen molar-refractivity contribution in [1.82, 2.24) is 15.2 Å². The van der Waals surface area contributed by atoms with Gasteiger partial charge >= 0.3 is 0 Å². The van der Waals surface area contributed by atoms with Crippen molar-refractivity contribution in [1.29, 1.82) is 0 Å². The Kier molecular flexibility index (Phi) is 3.74. The molecule has 2 saturated heterocycles. The number of pyridine rings is 1. The van der Waals surface area contributed by atoms with Gasteiger partial charge < -0.3 is 20.3 Å². The number of hydrogen-bond acceptors (Lipinski definition) is 4. The van der Waals surface area contributed by atoms with Gasteiger partial charge in [-0.15, -0.1) is 0 Å². The van der Waals surface area contributed by atoms with Gasteiger partial charge in [0.1, 0.15) is 5.69 Å². The smallest absolute Gasteiger partial charge is 0.270 e. The van der Waals surface area contributed by atoms with Crippen molar-refractivity contribution in [2.75, 3.05) is 19.6 Å². The predicted octanol–water partition coefficient (Wildman–Crippen LogP) is -0.522. The van der Waals surface area contributed by atoms with Gasteiger partial charge in [-0.2, -0.15) is 0 Å². The molecule has 3 rings (SSSR count). The Labute approximate surface area is 127 Å². The van der Waals surface area contributed by atoms with Gasteiger partial charge in [-0.05, 0) is 25.3 Å². The number of nitrogens with zero attached hydrogens (tertiary/aromatic N) is 1. The number of likely N-dealkylation sites (tertiary alicyclic amines) is 1. The molecule has 22 heavy (non-hydrogen) atoms. The molecule has 2 atom stereocenters. The second kappa shape index (κ2) is 5.57. The van der Waals surface area contributed by atoms with E-state index in [1.165, 1.54) is 12.1 Å². The van der Waals surface area contributed by atoms with Crippen molar-refractivity contribution in [2.45, 2.75) is 25.4 Å². The minimum atomic E-state index is -0.929. The predicted molar refractivity (Wildman–Crippen MR) is 78.3 cm³/mol. The van der Waals surface area contributed by atoms with E-state index < -0.39 is 11.5 Å². The largest absolute Gasteiger partial charge is 0.392 e. The number of piperidine rings is 2. The Balaban J connectivity index is 1.85. The second-order valence-corrected chi connectivity index (χ2v) is 5.98. The average molecular weight is 305 g/mol. The molecular formula is C15H19N3O4. The monoisotopic (exact) mass is 305 g/mol. The van der Waals surface area contributed by atoms with Gasteiger partial charge in [0.2, 0.25) is 11.5 Å². The lowest BCUT2D eigenvalue weighted by Crippen LogP contribution is -2.62. The summed E-state index contributed by atoms with van der Waals surface area (Å²) >= 11 is 0. The van der Waals surface area contributed by atoms with Gasteiger partial charge in [-0.3, -0.25) is 14.4 Å². The van der Waals surface area contributed by atoms with Crippen LogP contribution in [-0.2, 0) is 4.79 Å². The highest BCUT2D eigenvalue weighted by Crippen LogP contribution is 2.37. The van der Waals surface area contributed by atoms with Crippen molar-refractivity contribution in [3.8, 4) is 0 Å². The fraction of sp³-hybridized carbons (Fsp3) is 0.533. The molecule has 1 aromatic heterocycles. The molecule has 2 aliphatic rings. The van der Waals surface area contributed by atoms with Crippen molar-refractivity contribution >= 4 is 11.8 Å². The van der Waals surface area contributed by atoms with Crippen LogP contribution in [0.15, 0.2) is 23.0 Å². The van der Waals surface area contributed by atoms with Gasteiger partial charge in [0, 0.05) is 25.7 Å². The Morgan fingerprint density at radius 2 is 2.18 bits per heavy atom. The van der Waals surface area contributed by atoms with E-state index in [-0.39, 0.29) is 29.6 Å². The first-order chi connectivity index (χ1) is 10.5. The van der Waals surface area contributed by atoms with E-state index in [0.29, 0.717) is 25.9 Å². The minimum Gasteiger partial charge on any atom is -0.392 e. The molecule has 1 aromatic rings. The number of H-pyrrole nitrogens is 1. The van der Waals surface area contributed by atoms with E-state index in [9.17, 15) is 19.5 Å². The van der Waals surface area contributed by atoms with Crippen LogP contribution in [0, 0.1) is 5.41 Å². The van der Waals surface area contributed by atoms with E-state index in [1.54, 1.807) is 11.0 Å². The summed E-state index contributed by atoms with van der Waals surface area (Å²) in [6.07, 6.45) is 0.963. The Hall–Kier alpha value is -2.15. The summed E-state index contributed by atoms with van der Waals surface area (Å²) in [6, 6.07) is 4.41. The van der Waals surface area contributed by atoms with Gasteiger partial charge in [-0.1, -0.05) is 6.07 Å². The molecule has 0 saturated carbocycles. The van der Waals surface area contributed by atoms with E-state index in [4.69, 9.17) is 0 Å². The van der Waals surface area contributed by atoms with E-state index >= 15 is 0 Å². The van der Waals surface area contributed by atoms with Crippen LogP contribution in [-0.4, -0.2) is 52.5 Å². The number of carbonyl (C=O) groups excluding carboxylic acids is 2. The summed E-state index contributed by atoms with van der Waals surface area (Å²) in [5, 5.41) is 13.1. The van der Waals surface area contributed by atoms with E-state index in [2.05, 4.69) is 10.3 Å². The zero-order chi connectivity index (χ0) is 15.7. The van der Waals surface area contributed by atoms with Crippen LogP contribution in [0.25, 0.3) is 0 Å². The van der Waals surface area contributed by atoms with Gasteiger partial charge in [0.15, 0.2) is 0 Å². The fourth-order valence-corrected chi connectivity index (χ4v) is 3.36. The zero-order valence-electron chi connectivity index (χ0n) is 12.2. The maximum absolute atomic E-state index is 12.5. The standard InChI is InChI=1S/C15H19N3O4/c19-11-5-8-18(9-15(11)6-2-7-16-14(15)22)13(21)10-3-1-4-12(20)17-10/h1,3-4,11,19H,2,5-9H2,(H,16,22)(H,17,20)/t11-,15-/m1/s1. The van der Waals surface area contributed by atoms with Crippen LogP contribution in [0.2, 0.25) is 0 Å². The summed E-state index contributed by atoms with van der Waals surface area (Å²) in [4.78, 5) is 40.2. The molecule has 0 aromatic carbocycles. The van der Waals surface area contributed by atoms with Crippen LogP contribution in [0.5, 0.6) is 0 Å². The molecule has 0 aliphatic carbocycles. The number of hydrogen-bond donors (Lipinski definition) is 3. The molecule has 3 heterocycles. The third-order valence-electron chi connectivity index (χ3n) is 4.61. The molecule has 2 fully saturated rings. The molecule has 1 spiro atoms. The number of aliphatic hydroxyl groups is 1. The van der Waals surface area contributed by atoms with Gasteiger partial charge in [-0.25, -0.2) is 0 Å². The summed E-state index contributed by atoms with van der Waals surface area (Å²) in [5.74, 6) is -0.507. The first-order valence-corrected chi connectivity index (χ1v) is 7.48. The highest BCUT2D eigenvalue weighted by atomic mass is 16.3. The highest BCUT2D eigenvalue weighted by Gasteiger charge is 2.50. The van der Waals surface area contributed by atoms with E-state index in [1.807, 2.05) is 0 Å². The molecule has 7 heteroatoms. The Morgan fingerprint density at radius 1 is 1.36 bits per heavy atom. The number of carbonyl (C=O) groups is 2. The maximum Gasteiger partial charge on any atom is 0.270 e. The molecule has 0 radical (unpaired) electrons. The molecule has 3 N–H and O–H groups in total. The Morgan fingerprint density at radius 3 is 2.91 bits per heavy atom. The van der Waals surface area contributed by atoms with Crippen LogP contribution in [0.3, 0.4) is 0 Å². The third kappa shape index (κ3) is 2.41. The third-order valence-corrected chi connectivity index (χ3v) is 4.61. The molecule has 2 amide bonds. The zero-order valence-corrected chi connectivity index (χ0v) is 12.2. The van der Waals surface area contributed by atoms with E-state index in [0.717, 1.165) is 6.42 Å². The number of nitrogens with one attached hydrogen (secondary N) is 2. The summed E-state index contributed by atoms with van der Waals surface area (Å²) < 4.78 is 0. The first kappa shape index (κ1) is 14.8. The van der Waals surface area contributed by atoms with Crippen molar-refractivity contribution in [3.05, 3.63) is 34.2 Å². The molecule has 118 valence electrons. The lowest BCUT2D eigenvalue weighted by molar-refractivity contribution is -0.147. The second-order valence-electron chi connectivity index (χ2n) is 5.98. The molecular weight excluding hydrogens is 286 g/mol. The molecule has 0 bridgehead atoms. The summed E-state index contributed by atoms with van der Waals surface area (Å²) in [7, 11) is 0. The first-order valence-electron chi connectivity index (χ1n) is 7.48. The van der Waals surface area contributed by atoms with Gasteiger partial charge in [0.25, 0.3) is 5.91 Å². The fourth-order valence-electron chi connectivity index (χ4n) is 3.36. The number of aromatic amines is 1. The summed E-state index contributed by atoms with van der Waals surface area (Å²) in [5.41, 5.74) is -1.07. The topological polar surface area (TPSA) is 102 Å². The molecule has 7 nitrogen and oxygen atoms in total. The van der Waals surface area contributed by atoms with Crippen LogP contribution in [0.4, 0.5) is 0 Å².